The number of methoxy groups -OCH3 is 1. The highest BCUT2D eigenvalue weighted by Crippen LogP contribution is 2.14. The van der Waals surface area contributed by atoms with Gasteiger partial charge in [0.25, 0.3) is 0 Å². The van der Waals surface area contributed by atoms with E-state index < -0.39 is 24.0 Å². The number of urea groups is 1. The molecule has 8 nitrogen and oxygen atoms in total. The summed E-state index contributed by atoms with van der Waals surface area (Å²) >= 11 is 0. The third-order valence-corrected chi connectivity index (χ3v) is 3.05. The van der Waals surface area contributed by atoms with Gasteiger partial charge in [0.15, 0.2) is 0 Å². The van der Waals surface area contributed by atoms with Gasteiger partial charge < -0.3 is 24.8 Å². The molecular weight excluding hydrogens is 266 g/mol. The van der Waals surface area contributed by atoms with E-state index in [1.807, 2.05) is 6.07 Å². The highest BCUT2D eigenvalue weighted by molar-refractivity contribution is 5.77. The van der Waals surface area contributed by atoms with E-state index in [0.29, 0.717) is 13.2 Å². The van der Waals surface area contributed by atoms with Crippen molar-refractivity contribution in [3.8, 4) is 6.07 Å². The Morgan fingerprint density at radius 2 is 2.25 bits per heavy atom. The van der Waals surface area contributed by atoms with Crippen LogP contribution in [0.1, 0.15) is 6.42 Å². The molecule has 2 atom stereocenters. The Balaban J connectivity index is 2.55. The molecule has 0 saturated carbocycles. The Hall–Kier alpha value is -1.85. The maximum atomic E-state index is 12.1. The smallest absolute Gasteiger partial charge is 0.317 e. The summed E-state index contributed by atoms with van der Waals surface area (Å²) in [5, 5.41) is 20.2. The van der Waals surface area contributed by atoms with Crippen molar-refractivity contribution in [2.75, 3.05) is 40.0 Å². The summed E-state index contributed by atoms with van der Waals surface area (Å²) in [6.07, 6.45) is 0.209. The molecular formula is C12H19N3O5. The molecule has 0 radical (unpaired) electrons. The van der Waals surface area contributed by atoms with Crippen LogP contribution in [0, 0.1) is 17.2 Å². The van der Waals surface area contributed by atoms with Crippen LogP contribution in [0.5, 0.6) is 0 Å². The molecule has 1 aliphatic rings. The van der Waals surface area contributed by atoms with Crippen LogP contribution in [0.4, 0.5) is 4.79 Å². The van der Waals surface area contributed by atoms with Crippen molar-refractivity contribution in [2.45, 2.75) is 12.5 Å². The van der Waals surface area contributed by atoms with Gasteiger partial charge in [-0.05, 0) is 0 Å². The Morgan fingerprint density at radius 1 is 1.50 bits per heavy atom. The SMILES string of the molecule is COCCN(CCC#N)C(=O)NC1COCC1C(=O)O. The first-order valence-corrected chi connectivity index (χ1v) is 6.32. The van der Waals surface area contributed by atoms with E-state index in [9.17, 15) is 9.59 Å². The van der Waals surface area contributed by atoms with E-state index in [1.54, 1.807) is 0 Å². The van der Waals surface area contributed by atoms with E-state index in [4.69, 9.17) is 19.8 Å². The van der Waals surface area contributed by atoms with Crippen LogP contribution in [-0.4, -0.2) is 68.1 Å². The number of carboxylic acids is 1. The van der Waals surface area contributed by atoms with E-state index in [2.05, 4.69) is 5.32 Å². The van der Waals surface area contributed by atoms with Gasteiger partial charge in [0, 0.05) is 20.2 Å². The third kappa shape index (κ3) is 4.68. The molecule has 0 aromatic heterocycles. The van der Waals surface area contributed by atoms with Crippen LogP contribution in [0.25, 0.3) is 0 Å². The first kappa shape index (κ1) is 16.2. The van der Waals surface area contributed by atoms with Crippen LogP contribution < -0.4 is 5.32 Å². The molecule has 20 heavy (non-hydrogen) atoms. The van der Waals surface area contributed by atoms with Crippen LogP contribution in [0.15, 0.2) is 0 Å². The zero-order chi connectivity index (χ0) is 15.0. The fraction of sp³-hybridized carbons (Fsp3) is 0.750. The number of hydrogen-bond acceptors (Lipinski definition) is 5. The lowest BCUT2D eigenvalue weighted by molar-refractivity contribution is -0.142. The molecule has 2 unspecified atom stereocenters. The molecule has 0 aromatic carbocycles. The number of carboxylic acid groups (broad SMARTS) is 1. The molecule has 1 rings (SSSR count). The topological polar surface area (TPSA) is 112 Å². The van der Waals surface area contributed by atoms with Crippen LogP contribution in [0.3, 0.4) is 0 Å². The number of ether oxygens (including phenoxy) is 2. The van der Waals surface area contributed by atoms with E-state index in [0.717, 1.165) is 0 Å². The highest BCUT2D eigenvalue weighted by Gasteiger charge is 2.35. The van der Waals surface area contributed by atoms with Crippen molar-refractivity contribution in [2.24, 2.45) is 5.92 Å². The number of nitrogens with one attached hydrogen (secondary N) is 1. The molecule has 0 aliphatic carbocycles. The van der Waals surface area contributed by atoms with E-state index >= 15 is 0 Å². The average molecular weight is 285 g/mol. The zero-order valence-electron chi connectivity index (χ0n) is 11.4. The van der Waals surface area contributed by atoms with Crippen molar-refractivity contribution >= 4 is 12.0 Å². The van der Waals surface area contributed by atoms with E-state index in [1.165, 1.54) is 12.0 Å². The van der Waals surface area contributed by atoms with E-state index in [-0.39, 0.29) is 26.2 Å². The third-order valence-electron chi connectivity index (χ3n) is 3.05. The number of amides is 2. The minimum Gasteiger partial charge on any atom is -0.481 e. The fourth-order valence-electron chi connectivity index (χ4n) is 1.89. The van der Waals surface area contributed by atoms with Gasteiger partial charge in [0.05, 0.1) is 38.4 Å². The maximum absolute atomic E-state index is 12.1. The summed E-state index contributed by atoms with van der Waals surface area (Å²) in [7, 11) is 1.52. The van der Waals surface area contributed by atoms with Gasteiger partial charge >= 0.3 is 12.0 Å². The molecule has 1 heterocycles. The molecule has 2 amide bonds. The van der Waals surface area contributed by atoms with Crippen LogP contribution >= 0.6 is 0 Å². The fourth-order valence-corrected chi connectivity index (χ4v) is 1.89. The average Bonchev–Trinajstić information content (AvgIpc) is 2.87. The monoisotopic (exact) mass is 285 g/mol. The number of nitriles is 1. The van der Waals surface area contributed by atoms with Crippen molar-refractivity contribution < 1.29 is 24.2 Å². The zero-order valence-corrected chi connectivity index (χ0v) is 11.4. The molecule has 112 valence electrons. The van der Waals surface area contributed by atoms with Crippen LogP contribution in [0.2, 0.25) is 0 Å². The second kappa shape index (κ2) is 8.35. The molecule has 1 aliphatic heterocycles. The lowest BCUT2D eigenvalue weighted by atomic mass is 10.0. The van der Waals surface area contributed by atoms with Crippen molar-refractivity contribution in [1.82, 2.24) is 10.2 Å². The lowest BCUT2D eigenvalue weighted by Gasteiger charge is -2.24. The second-order valence-electron chi connectivity index (χ2n) is 4.43. The molecule has 0 aromatic rings. The second-order valence-corrected chi connectivity index (χ2v) is 4.43. The van der Waals surface area contributed by atoms with Crippen molar-refractivity contribution in [1.29, 1.82) is 5.26 Å². The number of rotatable bonds is 7. The summed E-state index contributed by atoms with van der Waals surface area (Å²) in [4.78, 5) is 24.5. The number of hydrogen-bond donors (Lipinski definition) is 2. The minimum absolute atomic E-state index is 0.0938. The summed E-state index contributed by atoms with van der Waals surface area (Å²) < 4.78 is 9.99. The minimum atomic E-state index is -0.992. The number of aliphatic carboxylic acids is 1. The quantitative estimate of drug-likeness (QED) is 0.661. The molecule has 1 saturated heterocycles. The van der Waals surface area contributed by atoms with Gasteiger partial charge in [-0.1, -0.05) is 0 Å². The van der Waals surface area contributed by atoms with Crippen molar-refractivity contribution in [3.63, 3.8) is 0 Å². The summed E-state index contributed by atoms with van der Waals surface area (Å²) in [6.45, 7) is 1.24. The molecule has 2 N–H and O–H groups in total. The van der Waals surface area contributed by atoms with Gasteiger partial charge in [-0.3, -0.25) is 4.79 Å². The lowest BCUT2D eigenvalue weighted by Crippen LogP contribution is -2.49. The first-order chi connectivity index (χ1) is 9.60. The van der Waals surface area contributed by atoms with Gasteiger partial charge in [-0.25, -0.2) is 4.79 Å². The summed E-state index contributed by atoms with van der Waals surface area (Å²) in [5.74, 6) is -1.73. The number of carbonyl (C=O) groups is 2. The number of nitrogens with zero attached hydrogens (tertiary/aromatic N) is 2. The largest absolute Gasteiger partial charge is 0.481 e. The normalized spacial score (nSPS) is 21.2. The standard InChI is InChI=1S/C12H19N3O5/c1-19-6-5-15(4-2-3-13)12(18)14-10-8-20-7-9(10)11(16)17/h9-10H,2,4-8H2,1H3,(H,14,18)(H,16,17). The molecule has 1 fully saturated rings. The maximum Gasteiger partial charge on any atom is 0.317 e. The van der Waals surface area contributed by atoms with Crippen molar-refractivity contribution in [3.05, 3.63) is 0 Å². The highest BCUT2D eigenvalue weighted by atomic mass is 16.5. The summed E-state index contributed by atoms with van der Waals surface area (Å²) in [6, 6.07) is 1.02. The van der Waals surface area contributed by atoms with Gasteiger partial charge in [0.2, 0.25) is 0 Å². The summed E-state index contributed by atoms with van der Waals surface area (Å²) in [5.41, 5.74) is 0. The van der Waals surface area contributed by atoms with Gasteiger partial charge in [0.1, 0.15) is 5.92 Å². The number of carbonyl (C=O) groups excluding carboxylic acids is 1. The Labute approximate surface area is 117 Å². The van der Waals surface area contributed by atoms with Gasteiger partial charge in [-0.15, -0.1) is 0 Å². The van der Waals surface area contributed by atoms with Crippen LogP contribution in [-0.2, 0) is 14.3 Å². The van der Waals surface area contributed by atoms with Gasteiger partial charge in [-0.2, -0.15) is 5.26 Å². The Kier molecular flexibility index (Phi) is 6.76. The molecule has 8 heteroatoms. The predicted octanol–water partition coefficient (Wildman–Crippen LogP) is -0.342. The Bertz CT molecular complexity index is 382. The Morgan fingerprint density at radius 3 is 2.85 bits per heavy atom. The predicted molar refractivity (Wildman–Crippen MR) is 67.9 cm³/mol. The molecule has 0 bridgehead atoms. The first-order valence-electron chi connectivity index (χ1n) is 6.32. The molecule has 0 spiro atoms.